The van der Waals surface area contributed by atoms with Crippen LogP contribution in [0.15, 0.2) is 24.4 Å². The number of nitrogens with zero attached hydrogens (tertiary/aromatic N) is 1. The van der Waals surface area contributed by atoms with Crippen LogP contribution in [0.2, 0.25) is 0 Å². The maximum Gasteiger partial charge on any atom is 0.315 e. The molecule has 4 bridgehead atoms. The number of aromatic nitrogens is 1. The topological polar surface area (TPSA) is 83.1 Å². The molecule has 26 heavy (non-hydrogen) atoms. The Kier molecular flexibility index (Phi) is 4.37. The molecule has 3 amide bonds. The van der Waals surface area contributed by atoms with Crippen molar-refractivity contribution in [3.05, 3.63) is 30.1 Å². The number of pyridine rings is 1. The largest absolute Gasteiger partial charge is 0.345 e. The molecule has 4 fully saturated rings. The first-order chi connectivity index (χ1) is 12.5. The first-order valence-electron chi connectivity index (χ1n) is 9.81. The molecule has 1 aromatic heterocycles. The Hall–Kier alpha value is -2.11. The number of amides is 3. The maximum atomic E-state index is 12.7. The molecule has 0 spiro atoms. The normalized spacial score (nSPS) is 34.3. The molecule has 0 saturated heterocycles. The summed E-state index contributed by atoms with van der Waals surface area (Å²) in [5.41, 5.74) is 0.0710. The fourth-order valence-electron chi connectivity index (χ4n) is 5.88. The van der Waals surface area contributed by atoms with Crippen LogP contribution >= 0.6 is 0 Å². The molecule has 2 unspecified atom stereocenters. The molecule has 3 N–H and O–H groups in total. The third kappa shape index (κ3) is 3.29. The van der Waals surface area contributed by atoms with E-state index in [4.69, 9.17) is 0 Å². The Morgan fingerprint density at radius 2 is 1.81 bits per heavy atom. The zero-order valence-corrected chi connectivity index (χ0v) is 15.4. The third-order valence-electron chi connectivity index (χ3n) is 6.25. The highest BCUT2D eigenvalue weighted by molar-refractivity contribution is 5.92. The fourth-order valence-corrected chi connectivity index (χ4v) is 5.88. The van der Waals surface area contributed by atoms with Crippen molar-refractivity contribution in [2.24, 2.45) is 11.8 Å². The van der Waals surface area contributed by atoms with Crippen molar-refractivity contribution in [1.82, 2.24) is 20.9 Å². The van der Waals surface area contributed by atoms with Crippen LogP contribution in [0.4, 0.5) is 4.79 Å². The van der Waals surface area contributed by atoms with Crippen LogP contribution < -0.4 is 16.0 Å². The van der Waals surface area contributed by atoms with E-state index in [2.05, 4.69) is 20.9 Å². The SMILES string of the molecule is CCCNC(=O)NC12CC3CC(C1)CC(NC(=O)c1ccccn1)(C3)C2. The fraction of sp³-hybridized carbons (Fsp3) is 0.650. The minimum absolute atomic E-state index is 0.0694. The van der Waals surface area contributed by atoms with Gasteiger partial charge in [0, 0.05) is 23.8 Å². The Balaban J connectivity index is 1.51. The van der Waals surface area contributed by atoms with Crippen LogP contribution in [0.25, 0.3) is 0 Å². The Morgan fingerprint density at radius 1 is 1.12 bits per heavy atom. The monoisotopic (exact) mass is 356 g/mol. The van der Waals surface area contributed by atoms with E-state index in [1.54, 1.807) is 12.3 Å². The minimum atomic E-state index is -0.212. The van der Waals surface area contributed by atoms with Crippen molar-refractivity contribution in [1.29, 1.82) is 0 Å². The molecule has 0 aliphatic heterocycles. The predicted molar refractivity (Wildman–Crippen MR) is 98.7 cm³/mol. The van der Waals surface area contributed by atoms with Crippen LogP contribution in [0.3, 0.4) is 0 Å². The van der Waals surface area contributed by atoms with Gasteiger partial charge in [-0.25, -0.2) is 4.79 Å². The molecular weight excluding hydrogens is 328 g/mol. The van der Waals surface area contributed by atoms with Gasteiger partial charge >= 0.3 is 6.03 Å². The lowest BCUT2D eigenvalue weighted by Gasteiger charge is -2.62. The molecule has 140 valence electrons. The van der Waals surface area contributed by atoms with E-state index in [9.17, 15) is 9.59 Å². The average molecular weight is 356 g/mol. The number of hydrogen-bond acceptors (Lipinski definition) is 3. The molecular formula is C20H28N4O2. The molecule has 6 nitrogen and oxygen atoms in total. The Labute approximate surface area is 154 Å². The van der Waals surface area contributed by atoms with Crippen molar-refractivity contribution in [3.63, 3.8) is 0 Å². The lowest BCUT2D eigenvalue weighted by molar-refractivity contribution is -0.0431. The number of carbonyl (C=O) groups excluding carboxylic acids is 2. The van der Waals surface area contributed by atoms with Gasteiger partial charge in [0.1, 0.15) is 5.69 Å². The molecule has 1 heterocycles. The molecule has 2 atom stereocenters. The van der Waals surface area contributed by atoms with Crippen molar-refractivity contribution >= 4 is 11.9 Å². The molecule has 1 aromatic rings. The molecule has 0 radical (unpaired) electrons. The van der Waals surface area contributed by atoms with Crippen LogP contribution in [0, 0.1) is 11.8 Å². The molecule has 6 heteroatoms. The molecule has 4 aliphatic rings. The molecule has 4 saturated carbocycles. The number of rotatable bonds is 5. The zero-order valence-electron chi connectivity index (χ0n) is 15.4. The smallest absolute Gasteiger partial charge is 0.315 e. The minimum Gasteiger partial charge on any atom is -0.345 e. The summed E-state index contributed by atoms with van der Waals surface area (Å²) in [6, 6.07) is 5.33. The van der Waals surface area contributed by atoms with Crippen molar-refractivity contribution in [2.75, 3.05) is 6.54 Å². The van der Waals surface area contributed by atoms with Crippen molar-refractivity contribution in [3.8, 4) is 0 Å². The third-order valence-corrected chi connectivity index (χ3v) is 6.25. The first-order valence-corrected chi connectivity index (χ1v) is 9.81. The van der Waals surface area contributed by atoms with E-state index in [0.717, 1.165) is 38.5 Å². The van der Waals surface area contributed by atoms with Crippen molar-refractivity contribution in [2.45, 2.75) is 62.9 Å². The van der Waals surface area contributed by atoms with Gasteiger partial charge < -0.3 is 16.0 Å². The summed E-state index contributed by atoms with van der Waals surface area (Å²) in [5, 5.41) is 9.53. The number of urea groups is 1. The van der Waals surface area contributed by atoms with Gasteiger partial charge in [-0.1, -0.05) is 13.0 Å². The zero-order chi connectivity index (χ0) is 18.2. The van der Waals surface area contributed by atoms with Crippen LogP contribution in [-0.2, 0) is 0 Å². The maximum absolute atomic E-state index is 12.7. The first kappa shape index (κ1) is 17.3. The summed E-state index contributed by atoms with van der Waals surface area (Å²) >= 11 is 0. The Bertz CT molecular complexity index is 676. The lowest BCUT2D eigenvalue weighted by atomic mass is 9.50. The number of nitrogens with one attached hydrogen (secondary N) is 3. The highest BCUT2D eigenvalue weighted by Gasteiger charge is 2.58. The highest BCUT2D eigenvalue weighted by Crippen LogP contribution is 2.57. The van der Waals surface area contributed by atoms with Gasteiger partial charge in [-0.15, -0.1) is 0 Å². The summed E-state index contributed by atoms with van der Waals surface area (Å²) in [4.78, 5) is 29.2. The van der Waals surface area contributed by atoms with E-state index in [1.165, 1.54) is 6.42 Å². The Morgan fingerprint density at radius 3 is 2.42 bits per heavy atom. The van der Waals surface area contributed by atoms with E-state index < -0.39 is 0 Å². The second kappa shape index (κ2) is 6.56. The van der Waals surface area contributed by atoms with E-state index in [0.29, 0.717) is 24.1 Å². The van der Waals surface area contributed by atoms with Gasteiger partial charge in [0.05, 0.1) is 0 Å². The summed E-state index contributed by atoms with van der Waals surface area (Å²) in [6.07, 6.45) is 8.72. The lowest BCUT2D eigenvalue weighted by Crippen LogP contribution is -2.70. The van der Waals surface area contributed by atoms with Crippen LogP contribution in [0.1, 0.15) is 62.4 Å². The van der Waals surface area contributed by atoms with Gasteiger partial charge in [-0.2, -0.15) is 0 Å². The highest BCUT2D eigenvalue weighted by atomic mass is 16.2. The van der Waals surface area contributed by atoms with E-state index in [1.807, 2.05) is 19.1 Å². The van der Waals surface area contributed by atoms with Gasteiger partial charge in [0.2, 0.25) is 0 Å². The number of carbonyl (C=O) groups is 2. The predicted octanol–water partition coefficient (Wildman–Crippen LogP) is 2.61. The van der Waals surface area contributed by atoms with E-state index >= 15 is 0 Å². The van der Waals surface area contributed by atoms with Crippen LogP contribution in [0.5, 0.6) is 0 Å². The standard InChI is InChI=1S/C20H28N4O2/c1-2-6-22-18(26)24-20-11-14-8-15(12-20)10-19(9-14,13-20)23-17(25)16-5-3-4-7-21-16/h3-5,7,14-15H,2,6,8-13H2,1H3,(H,23,25)(H2,22,24,26). The second-order valence-corrected chi connectivity index (χ2v) is 8.57. The second-order valence-electron chi connectivity index (χ2n) is 8.57. The summed E-state index contributed by atoms with van der Waals surface area (Å²) in [5.74, 6) is 1.05. The van der Waals surface area contributed by atoms with Crippen LogP contribution in [-0.4, -0.2) is 34.5 Å². The summed E-state index contributed by atoms with van der Waals surface area (Å²) < 4.78 is 0. The van der Waals surface area contributed by atoms with Gasteiger partial charge in [0.15, 0.2) is 0 Å². The molecule has 0 aromatic carbocycles. The molecule has 5 rings (SSSR count). The summed E-state index contributed by atoms with van der Waals surface area (Å²) in [6.45, 7) is 2.74. The van der Waals surface area contributed by atoms with E-state index in [-0.39, 0.29) is 23.0 Å². The van der Waals surface area contributed by atoms with Gasteiger partial charge in [0.25, 0.3) is 5.91 Å². The molecule has 4 aliphatic carbocycles. The van der Waals surface area contributed by atoms with Gasteiger partial charge in [-0.05, 0) is 68.9 Å². The quantitative estimate of drug-likeness (QED) is 0.758. The number of hydrogen-bond donors (Lipinski definition) is 3. The van der Waals surface area contributed by atoms with Gasteiger partial charge in [-0.3, -0.25) is 9.78 Å². The summed E-state index contributed by atoms with van der Waals surface area (Å²) in [7, 11) is 0. The van der Waals surface area contributed by atoms with Crippen molar-refractivity contribution < 1.29 is 9.59 Å². The average Bonchev–Trinajstić information content (AvgIpc) is 2.58.